The average Bonchev–Trinajstić information content (AvgIpc) is 3.56. The van der Waals surface area contributed by atoms with Gasteiger partial charge in [0.15, 0.2) is 5.78 Å². The number of anilines is 3. The van der Waals surface area contributed by atoms with E-state index in [0.717, 1.165) is 28.1 Å². The van der Waals surface area contributed by atoms with Gasteiger partial charge in [-0.2, -0.15) is 0 Å². The smallest absolute Gasteiger partial charge is 0.326 e. The summed E-state index contributed by atoms with van der Waals surface area (Å²) in [6, 6.07) is 4.23. The summed E-state index contributed by atoms with van der Waals surface area (Å²) in [7, 11) is 4.99. The van der Waals surface area contributed by atoms with Crippen LogP contribution in [0.5, 0.6) is 0 Å². The summed E-state index contributed by atoms with van der Waals surface area (Å²) in [5.41, 5.74) is 9.71. The number of aryl methyl sites for hydroxylation is 4. The minimum Gasteiger partial charge on any atom is -0.370 e. The van der Waals surface area contributed by atoms with Crippen molar-refractivity contribution in [2.75, 3.05) is 29.0 Å². The van der Waals surface area contributed by atoms with Gasteiger partial charge in [0.25, 0.3) is 17.7 Å². The highest BCUT2D eigenvalue weighted by atomic mass is 32.1. The molecule has 0 aromatic carbocycles. The van der Waals surface area contributed by atoms with E-state index in [9.17, 15) is 28.8 Å². The van der Waals surface area contributed by atoms with E-state index in [2.05, 4.69) is 21.3 Å². The normalized spacial score (nSPS) is 18.5. The van der Waals surface area contributed by atoms with E-state index in [1.807, 2.05) is 12.3 Å². The summed E-state index contributed by atoms with van der Waals surface area (Å²) >= 11 is 1.46. The molecule has 0 bridgehead atoms. The quantitative estimate of drug-likeness (QED) is 0.178. The predicted molar refractivity (Wildman–Crippen MR) is 185 cm³/mol. The van der Waals surface area contributed by atoms with Crippen LogP contribution in [-0.4, -0.2) is 67.1 Å². The van der Waals surface area contributed by atoms with Crippen LogP contribution in [0.4, 0.5) is 21.9 Å². The Morgan fingerprint density at radius 2 is 1.40 bits per heavy atom. The topological polar surface area (TPSA) is 195 Å². The molecule has 5 heterocycles. The van der Waals surface area contributed by atoms with Crippen molar-refractivity contribution in [2.24, 2.45) is 32.8 Å². The molecule has 0 unspecified atom stereocenters. The number of carbonyl (C=O) groups is 6. The molecule has 4 aromatic heterocycles. The Balaban J connectivity index is 0.984. The van der Waals surface area contributed by atoms with Crippen LogP contribution < -0.4 is 27.0 Å². The third-order valence-corrected chi connectivity index (χ3v) is 10.7. The van der Waals surface area contributed by atoms with Crippen LogP contribution in [0.1, 0.15) is 65.1 Å². The van der Waals surface area contributed by atoms with Crippen LogP contribution in [0.25, 0.3) is 0 Å². The number of likely N-dealkylation sites (tertiary alicyclic amines) is 1. The van der Waals surface area contributed by atoms with Crippen LogP contribution in [-0.2, 0) is 31.4 Å². The van der Waals surface area contributed by atoms with Gasteiger partial charge in [-0.3, -0.25) is 28.9 Å². The Labute approximate surface area is 290 Å². The number of fused-ring (bicyclic) bond motifs is 1. The number of nitrogens with two attached hydrogens (primary N) is 1. The molecule has 15 nitrogen and oxygen atoms in total. The molecule has 2 aliphatic carbocycles. The molecule has 1 aliphatic heterocycles. The molecule has 1 saturated heterocycles. The lowest BCUT2D eigenvalue weighted by Gasteiger charge is -2.28. The standard InChI is InChI=1S/C34H35N9O6S/c1-17-16-50-29-25(44)10-26-34(28(17)29)11-18(34)12-43(26)33(49)39-21-9-24(42(4)15-21)32(48)38-20-8-23(41(3)14-20)31(47)37-19-7-22(40(2)13-19)30(46)36-6-5-27(35)45/h7-10,13-16,18H,5-6,11-12H2,1-4H3,(H2,35,45)(H,36,46)(H,37,47)(H,38,48)(H,39,49)/t18-,34+/m0/s1. The van der Waals surface area contributed by atoms with Gasteiger partial charge in [-0.15, -0.1) is 11.3 Å². The van der Waals surface area contributed by atoms with E-state index in [4.69, 9.17) is 5.73 Å². The highest BCUT2D eigenvalue weighted by molar-refractivity contribution is 7.12. The summed E-state index contributed by atoms with van der Waals surface area (Å²) < 4.78 is 4.69. The second-order valence-corrected chi connectivity index (χ2v) is 13.9. The average molecular weight is 698 g/mol. The summed E-state index contributed by atoms with van der Waals surface area (Å²) in [5, 5.41) is 13.1. The van der Waals surface area contributed by atoms with Gasteiger partial charge in [0.1, 0.15) is 17.1 Å². The van der Waals surface area contributed by atoms with Crippen LogP contribution in [0.15, 0.2) is 53.9 Å². The van der Waals surface area contributed by atoms with Gasteiger partial charge in [-0.05, 0) is 54.0 Å². The van der Waals surface area contributed by atoms with Gasteiger partial charge < -0.3 is 40.7 Å². The molecule has 7 rings (SSSR count). The molecule has 50 heavy (non-hydrogen) atoms. The van der Waals surface area contributed by atoms with Gasteiger partial charge in [0.05, 0.1) is 21.9 Å². The van der Waals surface area contributed by atoms with E-state index in [-0.39, 0.29) is 53.2 Å². The fraction of sp³-hybridized carbons (Fsp3) is 0.294. The minimum absolute atomic E-state index is 0.00706. The molecule has 2 atom stereocenters. The lowest BCUT2D eigenvalue weighted by atomic mass is 9.84. The molecule has 1 saturated carbocycles. The molecule has 1 spiro atoms. The van der Waals surface area contributed by atoms with Crippen molar-refractivity contribution in [1.29, 1.82) is 0 Å². The molecule has 6 amide bonds. The number of amides is 6. The number of primary amides is 1. The van der Waals surface area contributed by atoms with Crippen molar-refractivity contribution in [3.05, 3.63) is 87.0 Å². The van der Waals surface area contributed by atoms with E-state index in [0.29, 0.717) is 23.6 Å². The van der Waals surface area contributed by atoms with Crippen molar-refractivity contribution in [2.45, 2.75) is 25.2 Å². The van der Waals surface area contributed by atoms with Crippen LogP contribution in [0.2, 0.25) is 0 Å². The maximum atomic E-state index is 13.5. The predicted octanol–water partition coefficient (Wildman–Crippen LogP) is 3.07. The van der Waals surface area contributed by atoms with E-state index >= 15 is 0 Å². The van der Waals surface area contributed by atoms with E-state index in [1.54, 1.807) is 70.5 Å². The first kappa shape index (κ1) is 32.6. The molecule has 3 aliphatic rings. The van der Waals surface area contributed by atoms with Crippen molar-refractivity contribution in [3.63, 3.8) is 0 Å². The largest absolute Gasteiger partial charge is 0.370 e. The SMILES string of the molecule is Cc1csc2c1[C@]13C[C@H]1CN(C(=O)Nc1cc(C(=O)Nc4cc(C(=O)Nc5cc(C(=O)NCCC(N)=O)n(C)c5)n(C)c4)n(C)c1)C3=CC2=O. The van der Waals surface area contributed by atoms with Crippen molar-refractivity contribution < 1.29 is 28.8 Å². The first-order valence-electron chi connectivity index (χ1n) is 15.9. The van der Waals surface area contributed by atoms with Crippen LogP contribution in [0.3, 0.4) is 0 Å². The van der Waals surface area contributed by atoms with Gasteiger partial charge in [-0.25, -0.2) is 4.79 Å². The van der Waals surface area contributed by atoms with Crippen LogP contribution >= 0.6 is 11.3 Å². The number of hydrogen-bond donors (Lipinski definition) is 5. The van der Waals surface area contributed by atoms with Crippen molar-refractivity contribution in [1.82, 2.24) is 23.9 Å². The zero-order chi connectivity index (χ0) is 35.6. The summed E-state index contributed by atoms with van der Waals surface area (Å²) in [6.45, 7) is 2.63. The Morgan fingerprint density at radius 3 is 1.96 bits per heavy atom. The maximum Gasteiger partial charge on any atom is 0.326 e. The summed E-state index contributed by atoms with van der Waals surface area (Å²) in [6.07, 6.45) is 7.34. The van der Waals surface area contributed by atoms with Crippen LogP contribution in [0, 0.1) is 12.8 Å². The molecular weight excluding hydrogens is 662 g/mol. The van der Waals surface area contributed by atoms with Crippen molar-refractivity contribution >= 4 is 63.8 Å². The number of urea groups is 1. The molecule has 258 valence electrons. The number of nitrogens with zero attached hydrogens (tertiary/aromatic N) is 4. The number of ketones is 1. The number of thiophene rings is 1. The number of carbonyl (C=O) groups excluding carboxylic acids is 6. The maximum absolute atomic E-state index is 13.5. The number of nitrogens with one attached hydrogen (secondary N) is 4. The molecule has 16 heteroatoms. The molecular formula is C34H35N9O6S. The Kier molecular flexibility index (Phi) is 7.77. The van der Waals surface area contributed by atoms with E-state index in [1.165, 1.54) is 23.5 Å². The molecule has 4 aromatic rings. The summed E-state index contributed by atoms with van der Waals surface area (Å²) in [4.78, 5) is 78.7. The van der Waals surface area contributed by atoms with Crippen molar-refractivity contribution in [3.8, 4) is 0 Å². The lowest BCUT2D eigenvalue weighted by Crippen LogP contribution is -2.36. The molecule has 6 N–H and O–H groups in total. The lowest BCUT2D eigenvalue weighted by molar-refractivity contribution is -0.117. The Hall–Kier alpha value is -5.90. The fourth-order valence-electron chi connectivity index (χ4n) is 7.17. The first-order valence-corrected chi connectivity index (χ1v) is 16.8. The zero-order valence-electron chi connectivity index (χ0n) is 27.7. The monoisotopic (exact) mass is 697 g/mol. The number of hydrogen-bond acceptors (Lipinski definition) is 7. The number of allylic oxidation sites excluding steroid dienone is 2. The number of piperidine rings is 1. The third-order valence-electron chi connectivity index (χ3n) is 9.55. The van der Waals surface area contributed by atoms with Gasteiger partial charge in [0.2, 0.25) is 5.91 Å². The second-order valence-electron chi connectivity index (χ2n) is 13.0. The third kappa shape index (κ3) is 5.46. The Bertz CT molecular complexity index is 2180. The van der Waals surface area contributed by atoms with Gasteiger partial charge in [0, 0.05) is 76.4 Å². The fourth-order valence-corrected chi connectivity index (χ4v) is 8.22. The number of rotatable bonds is 9. The first-order chi connectivity index (χ1) is 23.8. The zero-order valence-corrected chi connectivity index (χ0v) is 28.6. The van der Waals surface area contributed by atoms with E-state index < -0.39 is 23.6 Å². The molecule has 2 fully saturated rings. The Morgan fingerprint density at radius 1 is 0.860 bits per heavy atom. The van der Waals surface area contributed by atoms with Gasteiger partial charge >= 0.3 is 6.03 Å². The van der Waals surface area contributed by atoms with Gasteiger partial charge in [-0.1, -0.05) is 0 Å². The second kappa shape index (κ2) is 11.9. The minimum atomic E-state index is -0.530. The highest BCUT2D eigenvalue weighted by Gasteiger charge is 2.68. The number of aromatic nitrogens is 3. The molecule has 0 radical (unpaired) electrons. The summed E-state index contributed by atoms with van der Waals surface area (Å²) in [5.74, 6) is -1.68. The highest BCUT2D eigenvalue weighted by Crippen LogP contribution is 2.67.